The zero-order valence-electron chi connectivity index (χ0n) is 6.28. The molecule has 1 atom stereocenters. The first-order chi connectivity index (χ1) is 5.22. The second-order valence-corrected chi connectivity index (χ2v) is 1.79. The predicted octanol–water partition coefficient (Wildman–Crippen LogP) is 0.277. The molecule has 0 aliphatic carbocycles. The molecule has 0 aliphatic rings. The van der Waals surface area contributed by atoms with Gasteiger partial charge in [0.1, 0.15) is 6.61 Å². The van der Waals surface area contributed by atoms with Gasteiger partial charge in [0.2, 0.25) is 0 Å². The van der Waals surface area contributed by atoms with Gasteiger partial charge >= 0.3 is 5.97 Å². The first-order valence-electron chi connectivity index (χ1n) is 3.09. The summed E-state index contributed by atoms with van der Waals surface area (Å²) in [5.74, 6) is -0.572. The molecular weight excluding hydrogens is 148 g/mol. The fraction of sp³-hybridized carbons (Fsp3) is 0.429. The van der Waals surface area contributed by atoms with Crippen molar-refractivity contribution in [2.75, 3.05) is 6.61 Å². The van der Waals surface area contributed by atoms with E-state index in [0.29, 0.717) is 0 Å². The Hall–Kier alpha value is -1.32. The van der Waals surface area contributed by atoms with Crippen LogP contribution < -0.4 is 0 Å². The lowest BCUT2D eigenvalue weighted by Gasteiger charge is -2.06. The van der Waals surface area contributed by atoms with Gasteiger partial charge < -0.3 is 9.47 Å². The maximum absolute atomic E-state index is 10.7. The molecule has 4 nitrogen and oxygen atoms in total. The standard InChI is InChI=1S/C7H10O4/c1-3-4-10-7(9)6(2)11-5-8/h3,5-6H,1,4H2,2H3/t6-/m0/s1. The summed E-state index contributed by atoms with van der Waals surface area (Å²) >= 11 is 0. The van der Waals surface area contributed by atoms with E-state index in [1.165, 1.54) is 13.0 Å². The van der Waals surface area contributed by atoms with Crippen LogP contribution in [0.4, 0.5) is 0 Å². The van der Waals surface area contributed by atoms with E-state index in [-0.39, 0.29) is 13.1 Å². The van der Waals surface area contributed by atoms with E-state index in [2.05, 4.69) is 16.1 Å². The molecule has 0 heterocycles. The molecule has 0 aliphatic heterocycles. The van der Waals surface area contributed by atoms with Crippen molar-refractivity contribution in [2.24, 2.45) is 0 Å². The molecule has 0 spiro atoms. The van der Waals surface area contributed by atoms with Crippen LogP contribution >= 0.6 is 0 Å². The van der Waals surface area contributed by atoms with Crippen LogP contribution in [0.2, 0.25) is 0 Å². The summed E-state index contributed by atoms with van der Waals surface area (Å²) in [4.78, 5) is 20.5. The van der Waals surface area contributed by atoms with Gasteiger partial charge in [0.05, 0.1) is 0 Å². The summed E-state index contributed by atoms with van der Waals surface area (Å²) in [7, 11) is 0. The lowest BCUT2D eigenvalue weighted by molar-refractivity contribution is -0.159. The molecule has 11 heavy (non-hydrogen) atoms. The van der Waals surface area contributed by atoms with Crippen molar-refractivity contribution in [1.29, 1.82) is 0 Å². The number of hydrogen-bond acceptors (Lipinski definition) is 4. The zero-order chi connectivity index (χ0) is 8.69. The molecule has 0 fully saturated rings. The Bertz CT molecular complexity index is 153. The van der Waals surface area contributed by atoms with E-state index in [0.717, 1.165) is 0 Å². The van der Waals surface area contributed by atoms with Gasteiger partial charge in [-0.15, -0.1) is 0 Å². The van der Waals surface area contributed by atoms with E-state index < -0.39 is 12.1 Å². The summed E-state index contributed by atoms with van der Waals surface area (Å²) in [6, 6.07) is 0. The molecule has 0 unspecified atom stereocenters. The zero-order valence-corrected chi connectivity index (χ0v) is 6.28. The Morgan fingerprint density at radius 1 is 1.73 bits per heavy atom. The maximum atomic E-state index is 10.7. The van der Waals surface area contributed by atoms with Crippen LogP contribution in [0.5, 0.6) is 0 Å². The summed E-state index contributed by atoms with van der Waals surface area (Å²) < 4.78 is 8.88. The first kappa shape index (κ1) is 9.68. The molecule has 0 rings (SSSR count). The number of esters is 1. The molecule has 0 N–H and O–H groups in total. The smallest absolute Gasteiger partial charge is 0.347 e. The highest BCUT2D eigenvalue weighted by Gasteiger charge is 2.13. The molecule has 0 aromatic carbocycles. The second-order valence-electron chi connectivity index (χ2n) is 1.79. The lowest BCUT2D eigenvalue weighted by atomic mass is 10.4. The van der Waals surface area contributed by atoms with Crippen LogP contribution in [0, 0.1) is 0 Å². The predicted molar refractivity (Wildman–Crippen MR) is 37.8 cm³/mol. The Morgan fingerprint density at radius 2 is 2.36 bits per heavy atom. The highest BCUT2D eigenvalue weighted by atomic mass is 16.6. The van der Waals surface area contributed by atoms with Gasteiger partial charge in [0, 0.05) is 0 Å². The van der Waals surface area contributed by atoms with Gasteiger partial charge in [0.25, 0.3) is 6.47 Å². The molecular formula is C7H10O4. The monoisotopic (exact) mass is 158 g/mol. The van der Waals surface area contributed by atoms with Gasteiger partial charge in [-0.25, -0.2) is 4.79 Å². The van der Waals surface area contributed by atoms with Crippen molar-refractivity contribution in [3.05, 3.63) is 12.7 Å². The summed E-state index contributed by atoms with van der Waals surface area (Å²) in [6.07, 6.45) is 0.596. The summed E-state index contributed by atoms with van der Waals surface area (Å²) in [5.41, 5.74) is 0. The quantitative estimate of drug-likeness (QED) is 0.327. The van der Waals surface area contributed by atoms with Crippen LogP contribution in [-0.2, 0) is 19.1 Å². The van der Waals surface area contributed by atoms with Crippen LogP contribution in [0.25, 0.3) is 0 Å². The number of rotatable bonds is 5. The molecule has 4 heteroatoms. The maximum Gasteiger partial charge on any atom is 0.347 e. The SMILES string of the molecule is C=CCOC(=O)[C@H](C)OC=O. The number of carbonyl (C=O) groups excluding carboxylic acids is 2. The third kappa shape index (κ3) is 4.13. The Balaban J connectivity index is 3.62. The summed E-state index contributed by atoms with van der Waals surface area (Å²) in [6.45, 7) is 5.12. The van der Waals surface area contributed by atoms with Crippen molar-refractivity contribution in [2.45, 2.75) is 13.0 Å². The van der Waals surface area contributed by atoms with Crippen LogP contribution in [-0.4, -0.2) is 25.2 Å². The molecule has 0 saturated heterocycles. The number of ether oxygens (including phenoxy) is 2. The molecule has 0 radical (unpaired) electrons. The van der Waals surface area contributed by atoms with Crippen molar-refractivity contribution >= 4 is 12.4 Å². The van der Waals surface area contributed by atoms with E-state index in [4.69, 9.17) is 0 Å². The molecule has 0 saturated carbocycles. The van der Waals surface area contributed by atoms with Crippen molar-refractivity contribution in [3.8, 4) is 0 Å². The Labute approximate surface area is 64.8 Å². The summed E-state index contributed by atoms with van der Waals surface area (Å²) in [5, 5.41) is 0. The van der Waals surface area contributed by atoms with Gasteiger partial charge in [-0.2, -0.15) is 0 Å². The largest absolute Gasteiger partial charge is 0.459 e. The molecule has 62 valence electrons. The normalized spacial score (nSPS) is 11.4. The van der Waals surface area contributed by atoms with Gasteiger partial charge in [0.15, 0.2) is 6.10 Å². The number of carbonyl (C=O) groups is 2. The minimum Gasteiger partial charge on any atom is -0.459 e. The van der Waals surface area contributed by atoms with Gasteiger partial charge in [-0.05, 0) is 6.92 Å². The number of hydrogen-bond donors (Lipinski definition) is 0. The van der Waals surface area contributed by atoms with Crippen LogP contribution in [0.3, 0.4) is 0 Å². The topological polar surface area (TPSA) is 52.6 Å². The van der Waals surface area contributed by atoms with E-state index in [9.17, 15) is 9.59 Å². The average Bonchev–Trinajstić information content (AvgIpc) is 2.00. The molecule has 0 amide bonds. The van der Waals surface area contributed by atoms with Gasteiger partial charge in [-0.1, -0.05) is 12.7 Å². The molecule has 0 bridgehead atoms. The fourth-order valence-corrected chi connectivity index (χ4v) is 0.397. The third-order valence-electron chi connectivity index (χ3n) is 0.935. The molecule has 0 aromatic heterocycles. The third-order valence-corrected chi connectivity index (χ3v) is 0.935. The average molecular weight is 158 g/mol. The van der Waals surface area contributed by atoms with Crippen LogP contribution in [0.1, 0.15) is 6.92 Å². The van der Waals surface area contributed by atoms with Crippen LogP contribution in [0.15, 0.2) is 12.7 Å². The first-order valence-corrected chi connectivity index (χ1v) is 3.09. The van der Waals surface area contributed by atoms with E-state index >= 15 is 0 Å². The Morgan fingerprint density at radius 3 is 2.82 bits per heavy atom. The minimum atomic E-state index is -0.840. The van der Waals surface area contributed by atoms with Crippen molar-refractivity contribution < 1.29 is 19.1 Å². The van der Waals surface area contributed by atoms with Crippen molar-refractivity contribution in [3.63, 3.8) is 0 Å². The van der Waals surface area contributed by atoms with Gasteiger partial charge in [-0.3, -0.25) is 4.79 Å². The van der Waals surface area contributed by atoms with Crippen molar-refractivity contribution in [1.82, 2.24) is 0 Å². The fourth-order valence-electron chi connectivity index (χ4n) is 0.397. The highest BCUT2D eigenvalue weighted by Crippen LogP contribution is 1.91. The lowest BCUT2D eigenvalue weighted by Crippen LogP contribution is -2.22. The Kier molecular flexibility index (Phi) is 4.81. The molecule has 0 aromatic rings. The minimum absolute atomic E-state index is 0.130. The highest BCUT2D eigenvalue weighted by molar-refractivity contribution is 5.75. The second kappa shape index (κ2) is 5.46. The van der Waals surface area contributed by atoms with E-state index in [1.807, 2.05) is 0 Å². The van der Waals surface area contributed by atoms with E-state index in [1.54, 1.807) is 0 Å².